The van der Waals surface area contributed by atoms with E-state index < -0.39 is 11.9 Å². The molecule has 0 spiro atoms. The molecule has 0 aromatic heterocycles. The molecule has 1 N–H and O–H groups in total. The highest BCUT2D eigenvalue weighted by Crippen LogP contribution is 2.41. The van der Waals surface area contributed by atoms with Gasteiger partial charge in [-0.1, -0.05) is 20.3 Å². The zero-order valence-corrected chi connectivity index (χ0v) is 12.1. The van der Waals surface area contributed by atoms with Gasteiger partial charge in [0.25, 0.3) is 0 Å². The Labute approximate surface area is 115 Å². The van der Waals surface area contributed by atoms with Crippen LogP contribution >= 0.6 is 0 Å². The Balaban J connectivity index is 1.97. The average Bonchev–Trinajstić information content (AvgIpc) is 2.91. The van der Waals surface area contributed by atoms with Crippen LogP contribution in [0.5, 0.6) is 0 Å². The van der Waals surface area contributed by atoms with E-state index in [2.05, 4.69) is 13.8 Å². The molecule has 2 aliphatic rings. The Morgan fingerprint density at radius 3 is 2.26 bits per heavy atom. The van der Waals surface area contributed by atoms with Gasteiger partial charge in [-0.15, -0.1) is 0 Å². The van der Waals surface area contributed by atoms with Crippen LogP contribution in [-0.4, -0.2) is 35.5 Å². The maximum Gasteiger partial charge on any atom is 0.307 e. The third-order valence-electron chi connectivity index (χ3n) is 5.03. The van der Waals surface area contributed by atoms with Crippen LogP contribution in [0.1, 0.15) is 39.5 Å². The molecule has 0 aromatic carbocycles. The first-order valence-electron chi connectivity index (χ1n) is 7.41. The van der Waals surface area contributed by atoms with Gasteiger partial charge >= 0.3 is 5.97 Å². The summed E-state index contributed by atoms with van der Waals surface area (Å²) in [7, 11) is 1.82. The fourth-order valence-electron chi connectivity index (χ4n) is 3.40. The van der Waals surface area contributed by atoms with Crippen molar-refractivity contribution >= 4 is 11.9 Å². The molecule has 0 heterocycles. The SMILES string of the molecule is CCC1C[C@H](C(=O)N(C)CC2CC2C)[C@H](C(=O)O)C1. The number of carboxylic acids is 1. The number of carbonyl (C=O) groups is 2. The summed E-state index contributed by atoms with van der Waals surface area (Å²) in [5.41, 5.74) is 0. The minimum Gasteiger partial charge on any atom is -0.481 e. The fraction of sp³-hybridized carbons (Fsp3) is 0.867. The number of carbonyl (C=O) groups excluding carboxylic acids is 1. The van der Waals surface area contributed by atoms with Gasteiger partial charge in [-0.2, -0.15) is 0 Å². The van der Waals surface area contributed by atoms with Crippen LogP contribution in [0, 0.1) is 29.6 Å². The molecule has 1 amide bonds. The highest BCUT2D eigenvalue weighted by Gasteiger charge is 2.44. The van der Waals surface area contributed by atoms with Crippen LogP contribution in [0.4, 0.5) is 0 Å². The third kappa shape index (κ3) is 3.10. The van der Waals surface area contributed by atoms with Crippen molar-refractivity contribution in [3.63, 3.8) is 0 Å². The van der Waals surface area contributed by atoms with E-state index in [1.165, 1.54) is 6.42 Å². The van der Waals surface area contributed by atoms with E-state index in [-0.39, 0.29) is 11.8 Å². The number of rotatable bonds is 5. The quantitative estimate of drug-likeness (QED) is 0.831. The van der Waals surface area contributed by atoms with E-state index in [0.29, 0.717) is 18.3 Å². The molecule has 108 valence electrons. The number of amides is 1. The summed E-state index contributed by atoms with van der Waals surface area (Å²) in [6.45, 7) is 5.07. The van der Waals surface area contributed by atoms with E-state index >= 15 is 0 Å². The summed E-state index contributed by atoms with van der Waals surface area (Å²) < 4.78 is 0. The molecule has 2 saturated carbocycles. The Morgan fingerprint density at radius 2 is 1.79 bits per heavy atom. The molecule has 2 rings (SSSR count). The Bertz CT molecular complexity index is 368. The summed E-state index contributed by atoms with van der Waals surface area (Å²) in [4.78, 5) is 25.5. The minimum absolute atomic E-state index is 0.0439. The van der Waals surface area contributed by atoms with E-state index in [4.69, 9.17) is 0 Å². The van der Waals surface area contributed by atoms with Crippen molar-refractivity contribution in [3.8, 4) is 0 Å². The van der Waals surface area contributed by atoms with Crippen molar-refractivity contribution in [2.24, 2.45) is 29.6 Å². The standard InChI is InChI=1S/C15H25NO3/c1-4-10-6-12(13(7-10)15(18)19)14(17)16(3)8-11-5-9(11)2/h9-13H,4-8H2,1-3H3,(H,18,19)/t9?,10?,11?,12-,13+/m0/s1. The lowest BCUT2D eigenvalue weighted by Gasteiger charge is -2.23. The van der Waals surface area contributed by atoms with Gasteiger partial charge in [-0.05, 0) is 37.0 Å². The molecule has 0 saturated heterocycles. The molecule has 0 radical (unpaired) electrons. The minimum atomic E-state index is -0.803. The van der Waals surface area contributed by atoms with Crippen LogP contribution in [-0.2, 0) is 9.59 Å². The van der Waals surface area contributed by atoms with Gasteiger partial charge < -0.3 is 10.0 Å². The second-order valence-corrected chi connectivity index (χ2v) is 6.49. The Kier molecular flexibility index (Phi) is 4.16. The first kappa shape index (κ1) is 14.4. The highest BCUT2D eigenvalue weighted by molar-refractivity contribution is 5.85. The van der Waals surface area contributed by atoms with Gasteiger partial charge in [0.1, 0.15) is 0 Å². The molecule has 19 heavy (non-hydrogen) atoms. The van der Waals surface area contributed by atoms with E-state index in [1.54, 1.807) is 4.90 Å². The van der Waals surface area contributed by atoms with Gasteiger partial charge in [0, 0.05) is 13.6 Å². The molecule has 0 aromatic rings. The van der Waals surface area contributed by atoms with Crippen molar-refractivity contribution in [2.75, 3.05) is 13.6 Å². The number of aliphatic carboxylic acids is 1. The number of nitrogens with zero attached hydrogens (tertiary/aromatic N) is 1. The zero-order chi connectivity index (χ0) is 14.2. The first-order chi connectivity index (χ1) is 8.93. The molecule has 2 fully saturated rings. The second-order valence-electron chi connectivity index (χ2n) is 6.49. The maximum atomic E-state index is 12.5. The molecule has 0 aliphatic heterocycles. The smallest absolute Gasteiger partial charge is 0.307 e. The van der Waals surface area contributed by atoms with Crippen molar-refractivity contribution in [3.05, 3.63) is 0 Å². The summed E-state index contributed by atoms with van der Waals surface area (Å²) in [6.07, 6.45) is 3.58. The van der Waals surface area contributed by atoms with Gasteiger partial charge in [0.2, 0.25) is 5.91 Å². The number of hydrogen-bond donors (Lipinski definition) is 1. The normalized spacial score (nSPS) is 37.1. The number of carboxylic acid groups (broad SMARTS) is 1. The van der Waals surface area contributed by atoms with Gasteiger partial charge in [0.05, 0.1) is 11.8 Å². The van der Waals surface area contributed by atoms with E-state index in [9.17, 15) is 14.7 Å². The summed E-state index contributed by atoms with van der Waals surface area (Å²) in [5.74, 6) is 0.198. The molecule has 2 aliphatic carbocycles. The topological polar surface area (TPSA) is 57.6 Å². The lowest BCUT2D eigenvalue weighted by molar-refractivity contribution is -0.148. The second kappa shape index (κ2) is 5.51. The van der Waals surface area contributed by atoms with Gasteiger partial charge in [0.15, 0.2) is 0 Å². The van der Waals surface area contributed by atoms with E-state index in [0.717, 1.165) is 25.3 Å². The molecular formula is C15H25NO3. The largest absolute Gasteiger partial charge is 0.481 e. The summed E-state index contributed by atoms with van der Waals surface area (Å²) in [6, 6.07) is 0. The third-order valence-corrected chi connectivity index (χ3v) is 5.03. The predicted molar refractivity (Wildman–Crippen MR) is 72.5 cm³/mol. The van der Waals surface area contributed by atoms with Crippen molar-refractivity contribution < 1.29 is 14.7 Å². The lowest BCUT2D eigenvalue weighted by atomic mass is 9.95. The van der Waals surface area contributed by atoms with Crippen LogP contribution in [0.3, 0.4) is 0 Å². The molecule has 4 heteroatoms. The maximum absolute atomic E-state index is 12.5. The van der Waals surface area contributed by atoms with Crippen LogP contribution < -0.4 is 0 Å². The van der Waals surface area contributed by atoms with Gasteiger partial charge in [-0.25, -0.2) is 0 Å². The van der Waals surface area contributed by atoms with Crippen LogP contribution in [0.2, 0.25) is 0 Å². The average molecular weight is 267 g/mol. The van der Waals surface area contributed by atoms with Crippen molar-refractivity contribution in [2.45, 2.75) is 39.5 Å². The highest BCUT2D eigenvalue weighted by atomic mass is 16.4. The van der Waals surface area contributed by atoms with Crippen LogP contribution in [0.25, 0.3) is 0 Å². The van der Waals surface area contributed by atoms with Gasteiger partial charge in [-0.3, -0.25) is 9.59 Å². The van der Waals surface area contributed by atoms with Crippen molar-refractivity contribution in [1.29, 1.82) is 0 Å². The molecular weight excluding hydrogens is 242 g/mol. The molecule has 5 atom stereocenters. The molecule has 0 bridgehead atoms. The van der Waals surface area contributed by atoms with Crippen LogP contribution in [0.15, 0.2) is 0 Å². The Hall–Kier alpha value is -1.06. The van der Waals surface area contributed by atoms with Crippen molar-refractivity contribution in [1.82, 2.24) is 4.90 Å². The van der Waals surface area contributed by atoms with E-state index in [1.807, 2.05) is 7.05 Å². The fourth-order valence-corrected chi connectivity index (χ4v) is 3.40. The lowest BCUT2D eigenvalue weighted by Crippen LogP contribution is -2.38. The predicted octanol–water partition coefficient (Wildman–Crippen LogP) is 2.24. The monoisotopic (exact) mass is 267 g/mol. The molecule has 3 unspecified atom stereocenters. The summed E-state index contributed by atoms with van der Waals surface area (Å²) >= 11 is 0. The molecule has 4 nitrogen and oxygen atoms in total. The summed E-state index contributed by atoms with van der Waals surface area (Å²) in [5, 5.41) is 9.29. The number of hydrogen-bond acceptors (Lipinski definition) is 2. The first-order valence-corrected chi connectivity index (χ1v) is 7.41. The zero-order valence-electron chi connectivity index (χ0n) is 12.1. The Morgan fingerprint density at radius 1 is 1.21 bits per heavy atom.